The number of ether oxygens (including phenoxy) is 1. The normalized spacial score (nSPS) is 13.5. The van der Waals surface area contributed by atoms with Crippen LogP contribution in [0.1, 0.15) is 91.5 Å². The molecule has 0 saturated carbocycles. The number of aliphatic hydroxyl groups excluding tert-OH is 1. The highest BCUT2D eigenvalue weighted by Gasteiger charge is 2.36. The molecule has 0 amide bonds. The lowest BCUT2D eigenvalue weighted by atomic mass is 9.85. The predicted molar refractivity (Wildman–Crippen MR) is 192 cm³/mol. The smallest absolute Gasteiger partial charge is 0.127 e. The summed E-state index contributed by atoms with van der Waals surface area (Å²) in [4.78, 5) is 0. The molecule has 0 heterocycles. The Balaban J connectivity index is 1.72. The van der Waals surface area contributed by atoms with Crippen LogP contribution >= 0.6 is 8.58 Å². The Labute approximate surface area is 276 Å². The molecule has 0 aliphatic carbocycles. The number of hydrogen-bond donors (Lipinski definition) is 1. The second-order valence-corrected chi connectivity index (χ2v) is 14.0. The Morgan fingerprint density at radius 2 is 1.35 bits per heavy atom. The van der Waals surface area contributed by atoms with Crippen LogP contribution in [-0.2, 0) is 24.6 Å². The van der Waals surface area contributed by atoms with Gasteiger partial charge >= 0.3 is 0 Å². The molecule has 0 saturated heterocycles. The summed E-state index contributed by atoms with van der Waals surface area (Å²) in [6.07, 6.45) is 4.80. The van der Waals surface area contributed by atoms with Gasteiger partial charge in [0, 0.05) is 17.1 Å². The van der Waals surface area contributed by atoms with Crippen molar-refractivity contribution in [2.45, 2.75) is 77.2 Å². The van der Waals surface area contributed by atoms with E-state index >= 15 is 0 Å². The fourth-order valence-electron chi connectivity index (χ4n) is 6.34. The average molecular weight is 633 g/mol. The molecule has 4 heteroatoms. The van der Waals surface area contributed by atoms with E-state index < -0.39 is 6.10 Å². The zero-order valence-corrected chi connectivity index (χ0v) is 28.3. The molecular weight excluding hydrogens is 586 g/mol. The summed E-state index contributed by atoms with van der Waals surface area (Å²) in [5.74, 6) is 0.637. The fraction of sp³-hybridized carbons (Fsp3) is 0.286. The van der Waals surface area contributed by atoms with E-state index in [0.29, 0.717) is 20.8 Å². The maximum Gasteiger partial charge on any atom is 0.127 e. The lowest BCUT2D eigenvalue weighted by molar-refractivity contribution is 0.200. The first-order valence-electron chi connectivity index (χ1n) is 16.6. The molecule has 0 radical (unpaired) electrons. The maximum absolute atomic E-state index is 14.5. The van der Waals surface area contributed by atoms with Gasteiger partial charge in [0.15, 0.2) is 0 Å². The standard InChI is InChI=1S/C42H46FO2P/c1-4-6-24-42(5-2,46-40-23-22-37(43)29-38(40)31(3)44)39-28-35(25-32-16-10-7-11-17-32)27-36(26-33-18-12-8-13-19-33)41(39)45-30-34-20-14-9-15-21-34/h7-23,27-29,31,44,46H,4-6,24-26,30H2,1-3H3. The molecule has 0 bridgehead atoms. The number of halogens is 1. The third-order valence-electron chi connectivity index (χ3n) is 8.85. The molecule has 238 valence electrons. The molecule has 2 nitrogen and oxygen atoms in total. The Morgan fingerprint density at radius 1 is 0.739 bits per heavy atom. The molecule has 0 aliphatic rings. The summed E-state index contributed by atoms with van der Waals surface area (Å²) in [6.45, 7) is 6.72. The average Bonchev–Trinajstić information content (AvgIpc) is 3.08. The lowest BCUT2D eigenvalue weighted by Crippen LogP contribution is -2.26. The highest BCUT2D eigenvalue weighted by atomic mass is 31.1. The molecule has 0 aliphatic heterocycles. The largest absolute Gasteiger partial charge is 0.488 e. The van der Waals surface area contributed by atoms with Gasteiger partial charge in [0.05, 0.1) is 6.10 Å². The molecule has 5 aromatic rings. The van der Waals surface area contributed by atoms with E-state index in [1.807, 2.05) is 12.1 Å². The molecule has 5 aromatic carbocycles. The van der Waals surface area contributed by atoms with Crippen LogP contribution in [0.3, 0.4) is 0 Å². The first kappa shape index (κ1) is 33.6. The summed E-state index contributed by atoms with van der Waals surface area (Å²) < 4.78 is 21.4. The van der Waals surface area contributed by atoms with Gasteiger partial charge in [-0.2, -0.15) is 0 Å². The van der Waals surface area contributed by atoms with Crippen LogP contribution in [0, 0.1) is 5.82 Å². The van der Waals surface area contributed by atoms with Crippen molar-refractivity contribution in [3.8, 4) is 5.75 Å². The van der Waals surface area contributed by atoms with E-state index in [9.17, 15) is 9.50 Å². The molecule has 1 N–H and O–H groups in total. The minimum absolute atomic E-state index is 0.262. The second-order valence-electron chi connectivity index (χ2n) is 12.3. The summed E-state index contributed by atoms with van der Waals surface area (Å²) in [5, 5.41) is 11.5. The van der Waals surface area contributed by atoms with Crippen LogP contribution in [0.25, 0.3) is 0 Å². The van der Waals surface area contributed by atoms with Gasteiger partial charge in [0.2, 0.25) is 0 Å². The Morgan fingerprint density at radius 3 is 1.93 bits per heavy atom. The monoisotopic (exact) mass is 632 g/mol. The van der Waals surface area contributed by atoms with Crippen molar-refractivity contribution in [1.82, 2.24) is 0 Å². The first-order valence-corrected chi connectivity index (χ1v) is 17.6. The van der Waals surface area contributed by atoms with Crippen LogP contribution in [0.4, 0.5) is 4.39 Å². The van der Waals surface area contributed by atoms with Gasteiger partial charge in [-0.05, 0) is 77.0 Å². The van der Waals surface area contributed by atoms with Crippen molar-refractivity contribution in [1.29, 1.82) is 0 Å². The van der Waals surface area contributed by atoms with Gasteiger partial charge < -0.3 is 9.84 Å². The Hall–Kier alpha value is -3.78. The maximum atomic E-state index is 14.5. The topological polar surface area (TPSA) is 29.5 Å². The molecule has 3 unspecified atom stereocenters. The van der Waals surface area contributed by atoms with Crippen LogP contribution < -0.4 is 10.0 Å². The minimum atomic E-state index is -0.759. The van der Waals surface area contributed by atoms with Gasteiger partial charge in [-0.15, -0.1) is 0 Å². The van der Waals surface area contributed by atoms with Gasteiger partial charge in [0.1, 0.15) is 18.2 Å². The summed E-state index contributed by atoms with van der Waals surface area (Å²) in [7, 11) is 0.330. The predicted octanol–water partition coefficient (Wildman–Crippen LogP) is 10.4. The van der Waals surface area contributed by atoms with Crippen LogP contribution in [-0.4, -0.2) is 5.11 Å². The number of benzene rings is 5. The summed E-state index contributed by atoms with van der Waals surface area (Å²) in [5.41, 5.74) is 7.96. The van der Waals surface area contributed by atoms with E-state index in [4.69, 9.17) is 4.74 Å². The van der Waals surface area contributed by atoms with Gasteiger partial charge in [-0.25, -0.2) is 4.39 Å². The highest BCUT2D eigenvalue weighted by Crippen LogP contribution is 2.53. The summed E-state index contributed by atoms with van der Waals surface area (Å²) in [6, 6.07) is 41.3. The molecule has 3 atom stereocenters. The highest BCUT2D eigenvalue weighted by molar-refractivity contribution is 7.48. The Kier molecular flexibility index (Phi) is 11.8. The van der Waals surface area contributed by atoms with E-state index in [1.165, 1.54) is 39.9 Å². The quantitative estimate of drug-likeness (QED) is 0.116. The van der Waals surface area contributed by atoms with Crippen molar-refractivity contribution >= 4 is 13.9 Å². The van der Waals surface area contributed by atoms with Crippen molar-refractivity contribution in [2.75, 3.05) is 0 Å². The zero-order valence-electron chi connectivity index (χ0n) is 27.3. The van der Waals surface area contributed by atoms with E-state index in [2.05, 4.69) is 111 Å². The molecule has 46 heavy (non-hydrogen) atoms. The molecule has 5 rings (SSSR count). The van der Waals surface area contributed by atoms with Gasteiger partial charge in [-0.1, -0.05) is 144 Å². The number of unbranched alkanes of at least 4 members (excludes halogenated alkanes) is 1. The molecule has 0 fully saturated rings. The van der Waals surface area contributed by atoms with Crippen molar-refractivity contribution in [2.24, 2.45) is 0 Å². The van der Waals surface area contributed by atoms with E-state index in [-0.39, 0.29) is 11.0 Å². The molecular formula is C42H46FO2P. The first-order chi connectivity index (χ1) is 22.4. The lowest BCUT2D eigenvalue weighted by Gasteiger charge is -2.37. The van der Waals surface area contributed by atoms with Gasteiger partial charge in [0.25, 0.3) is 0 Å². The number of hydrogen-bond acceptors (Lipinski definition) is 2. The molecule has 0 spiro atoms. The van der Waals surface area contributed by atoms with Gasteiger partial charge in [-0.3, -0.25) is 0 Å². The van der Waals surface area contributed by atoms with Crippen molar-refractivity contribution in [3.05, 3.63) is 166 Å². The number of aliphatic hydroxyl groups is 1. The second kappa shape index (κ2) is 16.2. The SMILES string of the molecule is CCCCC(CC)(Pc1ccc(F)cc1C(C)O)c1cc(Cc2ccccc2)cc(Cc2ccccc2)c1OCc1ccccc1. The fourth-order valence-corrected chi connectivity index (χ4v) is 8.25. The third-order valence-corrected chi connectivity index (χ3v) is 10.9. The van der Waals surface area contributed by atoms with Crippen LogP contribution in [0.15, 0.2) is 121 Å². The number of rotatable bonds is 15. The van der Waals surface area contributed by atoms with Crippen molar-refractivity contribution in [3.63, 3.8) is 0 Å². The molecule has 0 aromatic heterocycles. The van der Waals surface area contributed by atoms with Crippen LogP contribution in [0.2, 0.25) is 0 Å². The van der Waals surface area contributed by atoms with E-state index in [1.54, 1.807) is 6.92 Å². The minimum Gasteiger partial charge on any atom is -0.488 e. The van der Waals surface area contributed by atoms with Crippen molar-refractivity contribution < 1.29 is 14.2 Å². The summed E-state index contributed by atoms with van der Waals surface area (Å²) >= 11 is 0. The van der Waals surface area contributed by atoms with Crippen LogP contribution in [0.5, 0.6) is 5.75 Å². The van der Waals surface area contributed by atoms with E-state index in [0.717, 1.165) is 55.1 Å². The zero-order chi connectivity index (χ0) is 32.4. The Bertz CT molecular complexity index is 1670. The third kappa shape index (κ3) is 8.52.